The van der Waals surface area contributed by atoms with Crippen LogP contribution < -0.4 is 0 Å². The number of fused-ring (bicyclic) bond motifs is 2. The summed E-state index contributed by atoms with van der Waals surface area (Å²) in [5.74, 6) is -0.186. The Labute approximate surface area is 163 Å². The van der Waals surface area contributed by atoms with E-state index in [4.69, 9.17) is 4.74 Å². The summed E-state index contributed by atoms with van der Waals surface area (Å²) in [5, 5.41) is 1.98. The molecule has 2 saturated heterocycles. The number of carbonyl (C=O) groups excluding carboxylic acids is 2. The van der Waals surface area contributed by atoms with Gasteiger partial charge in [-0.2, -0.15) is 0 Å². The van der Waals surface area contributed by atoms with Crippen molar-refractivity contribution in [1.29, 1.82) is 0 Å². The van der Waals surface area contributed by atoms with Crippen LogP contribution >= 0.6 is 11.3 Å². The Bertz CT molecular complexity index is 889. The number of thiazole rings is 1. The van der Waals surface area contributed by atoms with E-state index in [1.54, 1.807) is 5.51 Å². The fourth-order valence-corrected chi connectivity index (χ4v) is 5.59. The molecule has 2 bridgehead atoms. The number of hydrogen-bond acceptors (Lipinski definition) is 5. The van der Waals surface area contributed by atoms with E-state index in [1.807, 2.05) is 41.8 Å². The number of aromatic nitrogens is 2. The van der Waals surface area contributed by atoms with E-state index in [-0.39, 0.29) is 24.0 Å². The first-order chi connectivity index (χ1) is 12.9. The van der Waals surface area contributed by atoms with Crippen molar-refractivity contribution in [2.75, 3.05) is 7.11 Å². The Kier molecular flexibility index (Phi) is 4.37. The summed E-state index contributed by atoms with van der Waals surface area (Å²) in [4.78, 5) is 32.7. The number of methoxy groups -OCH3 is 1. The minimum atomic E-state index is -0.695. The Balaban J connectivity index is 1.71. The molecule has 2 aromatic rings. The van der Waals surface area contributed by atoms with Crippen molar-refractivity contribution >= 4 is 23.2 Å². The van der Waals surface area contributed by atoms with Gasteiger partial charge in [0.05, 0.1) is 29.3 Å². The first kappa shape index (κ1) is 18.2. The summed E-state index contributed by atoms with van der Waals surface area (Å²) in [7, 11) is 3.41. The maximum absolute atomic E-state index is 13.4. The summed E-state index contributed by atoms with van der Waals surface area (Å²) in [6.45, 7) is 3.98. The number of esters is 1. The second-order valence-electron chi connectivity index (χ2n) is 7.81. The van der Waals surface area contributed by atoms with Crippen molar-refractivity contribution < 1.29 is 14.3 Å². The van der Waals surface area contributed by atoms with Crippen LogP contribution in [0, 0.1) is 19.3 Å². The maximum Gasteiger partial charge on any atom is 0.314 e. The van der Waals surface area contributed by atoms with E-state index >= 15 is 0 Å². The molecular weight excluding hydrogens is 362 g/mol. The highest BCUT2D eigenvalue weighted by Gasteiger charge is 2.62. The van der Waals surface area contributed by atoms with E-state index in [0.717, 1.165) is 35.5 Å². The molecule has 2 aromatic heterocycles. The molecule has 0 unspecified atom stereocenters. The third-order valence-electron chi connectivity index (χ3n) is 6.55. The van der Waals surface area contributed by atoms with Crippen molar-refractivity contribution in [2.24, 2.45) is 12.5 Å². The summed E-state index contributed by atoms with van der Waals surface area (Å²) in [5.41, 5.74) is 4.75. The summed E-state index contributed by atoms with van der Waals surface area (Å²) in [6, 6.07) is 1.90. The Morgan fingerprint density at radius 1 is 1.37 bits per heavy atom. The van der Waals surface area contributed by atoms with Gasteiger partial charge in [-0.05, 0) is 39.2 Å². The van der Waals surface area contributed by atoms with E-state index in [0.29, 0.717) is 12.8 Å². The van der Waals surface area contributed by atoms with Crippen LogP contribution in [0.15, 0.2) is 17.0 Å². The van der Waals surface area contributed by atoms with Gasteiger partial charge in [-0.3, -0.25) is 9.59 Å². The zero-order chi connectivity index (χ0) is 19.3. The summed E-state index contributed by atoms with van der Waals surface area (Å²) >= 11 is 1.52. The lowest BCUT2D eigenvalue weighted by molar-refractivity contribution is -0.154. The van der Waals surface area contributed by atoms with Gasteiger partial charge < -0.3 is 14.2 Å². The van der Waals surface area contributed by atoms with Gasteiger partial charge in [0.2, 0.25) is 0 Å². The molecule has 0 aliphatic carbocycles. The molecule has 144 valence electrons. The molecule has 3 atom stereocenters. The van der Waals surface area contributed by atoms with Crippen LogP contribution in [0.1, 0.15) is 46.7 Å². The lowest BCUT2D eigenvalue weighted by Gasteiger charge is -2.34. The van der Waals surface area contributed by atoms with Gasteiger partial charge in [-0.15, -0.1) is 11.3 Å². The van der Waals surface area contributed by atoms with E-state index in [2.05, 4.69) is 4.98 Å². The largest absolute Gasteiger partial charge is 0.469 e. The first-order valence-corrected chi connectivity index (χ1v) is 10.2. The lowest BCUT2D eigenvalue weighted by atomic mass is 9.71. The minimum absolute atomic E-state index is 0.0350. The van der Waals surface area contributed by atoms with Gasteiger partial charge in [-0.1, -0.05) is 0 Å². The molecule has 4 heterocycles. The van der Waals surface area contributed by atoms with Gasteiger partial charge in [0, 0.05) is 42.3 Å². The SMILES string of the molecule is COC(=O)[C@@]1(Cc2cscn2)C[C@H]2CC[C@@H]1N2C(=O)c1cc(C)n(C)c1C. The standard InChI is InChI=1S/C20H25N3O3S/c1-12-7-16(13(2)22(12)3)18(24)23-15-5-6-17(23)20(9-15,19(25)26-4)8-14-10-27-11-21-14/h7,10-11,15,17H,5-6,8-9H2,1-4H3/t15-,17+,20+/m1/s1. The van der Waals surface area contributed by atoms with Crippen molar-refractivity contribution in [3.8, 4) is 0 Å². The Hall–Kier alpha value is -2.15. The van der Waals surface area contributed by atoms with Gasteiger partial charge in [0.25, 0.3) is 5.91 Å². The number of nitrogens with zero attached hydrogens (tertiary/aromatic N) is 3. The maximum atomic E-state index is 13.4. The quantitative estimate of drug-likeness (QED) is 0.757. The highest BCUT2D eigenvalue weighted by molar-refractivity contribution is 7.07. The van der Waals surface area contributed by atoms with Crippen molar-refractivity contribution in [3.05, 3.63) is 39.6 Å². The van der Waals surface area contributed by atoms with Crippen LogP contribution in [-0.2, 0) is 23.0 Å². The molecule has 0 spiro atoms. The van der Waals surface area contributed by atoms with E-state index < -0.39 is 5.41 Å². The second kappa shape index (κ2) is 6.48. The molecule has 2 fully saturated rings. The van der Waals surface area contributed by atoms with Gasteiger partial charge >= 0.3 is 5.97 Å². The highest BCUT2D eigenvalue weighted by Crippen LogP contribution is 2.52. The molecule has 7 heteroatoms. The molecule has 1 amide bonds. The number of carbonyl (C=O) groups is 2. The van der Waals surface area contributed by atoms with Gasteiger partial charge in [0.15, 0.2) is 0 Å². The third-order valence-corrected chi connectivity index (χ3v) is 7.19. The third kappa shape index (κ3) is 2.63. The summed E-state index contributed by atoms with van der Waals surface area (Å²) in [6.07, 6.45) is 2.96. The smallest absolute Gasteiger partial charge is 0.314 e. The van der Waals surface area contributed by atoms with Crippen LogP contribution in [0.5, 0.6) is 0 Å². The normalized spacial score (nSPS) is 26.6. The second-order valence-corrected chi connectivity index (χ2v) is 8.53. The van der Waals surface area contributed by atoms with Crippen LogP contribution in [0.25, 0.3) is 0 Å². The molecule has 0 aromatic carbocycles. The van der Waals surface area contributed by atoms with Gasteiger partial charge in [-0.25, -0.2) is 4.98 Å². The number of rotatable bonds is 4. The first-order valence-electron chi connectivity index (χ1n) is 9.30. The Morgan fingerprint density at radius 2 is 2.15 bits per heavy atom. The summed E-state index contributed by atoms with van der Waals surface area (Å²) < 4.78 is 7.25. The topological polar surface area (TPSA) is 64.4 Å². The van der Waals surface area contributed by atoms with Crippen LogP contribution in [0.3, 0.4) is 0 Å². The molecule has 0 N–H and O–H groups in total. The monoisotopic (exact) mass is 387 g/mol. The average molecular weight is 388 g/mol. The van der Waals surface area contributed by atoms with Crippen LogP contribution in [-0.4, -0.2) is 45.5 Å². The zero-order valence-electron chi connectivity index (χ0n) is 16.2. The van der Waals surface area contributed by atoms with Crippen molar-refractivity contribution in [3.63, 3.8) is 0 Å². The lowest BCUT2D eigenvalue weighted by Crippen LogP contribution is -2.47. The molecule has 27 heavy (non-hydrogen) atoms. The number of ether oxygens (including phenoxy) is 1. The molecule has 0 saturated carbocycles. The van der Waals surface area contributed by atoms with Crippen molar-refractivity contribution in [2.45, 2.75) is 51.6 Å². The molecular formula is C20H25N3O3S. The van der Waals surface area contributed by atoms with Crippen LogP contribution in [0.2, 0.25) is 0 Å². The predicted molar refractivity (Wildman–Crippen MR) is 103 cm³/mol. The number of amides is 1. The number of hydrogen-bond donors (Lipinski definition) is 0. The molecule has 2 aliphatic rings. The van der Waals surface area contributed by atoms with E-state index in [9.17, 15) is 9.59 Å². The molecule has 4 rings (SSSR count). The average Bonchev–Trinajstić information content (AvgIpc) is 3.42. The fourth-order valence-electron chi connectivity index (χ4n) is 5.03. The fraction of sp³-hybridized carbons (Fsp3) is 0.550. The predicted octanol–water partition coefficient (Wildman–Crippen LogP) is 2.88. The molecule has 6 nitrogen and oxygen atoms in total. The van der Waals surface area contributed by atoms with Gasteiger partial charge in [0.1, 0.15) is 0 Å². The van der Waals surface area contributed by atoms with E-state index in [1.165, 1.54) is 18.4 Å². The molecule has 0 radical (unpaired) electrons. The van der Waals surface area contributed by atoms with Crippen molar-refractivity contribution in [1.82, 2.24) is 14.5 Å². The zero-order valence-corrected chi connectivity index (χ0v) is 17.0. The van der Waals surface area contributed by atoms with Crippen LogP contribution in [0.4, 0.5) is 0 Å². The molecule has 2 aliphatic heterocycles. The minimum Gasteiger partial charge on any atom is -0.469 e. The number of aryl methyl sites for hydroxylation is 1. The highest BCUT2D eigenvalue weighted by atomic mass is 32.1. The Morgan fingerprint density at radius 3 is 2.74 bits per heavy atom.